The van der Waals surface area contributed by atoms with Gasteiger partial charge < -0.3 is 0 Å². The molecule has 3 aromatic rings. The number of para-hydroxylation sites is 2. The number of hydrogen-bond acceptors (Lipinski definition) is 1. The Morgan fingerprint density at radius 3 is 2.38 bits per heavy atom. The molecule has 0 saturated heterocycles. The lowest BCUT2D eigenvalue weighted by Gasteiger charge is -2.05. The molecule has 0 fully saturated rings. The minimum Gasteiger partial charge on any atom is -0.292 e. The Balaban J connectivity index is 2.16. The van der Waals surface area contributed by atoms with E-state index >= 15 is 0 Å². The first-order valence-electron chi connectivity index (χ1n) is 6.73. The molecular formula is C16H14BrFN2O. The van der Waals surface area contributed by atoms with Crippen molar-refractivity contribution in [2.75, 3.05) is 0 Å². The zero-order chi connectivity index (χ0) is 15.0. The maximum absolute atomic E-state index is 13.5. The van der Waals surface area contributed by atoms with Gasteiger partial charge in [0.2, 0.25) is 0 Å². The lowest BCUT2D eigenvalue weighted by atomic mass is 10.2. The number of aromatic nitrogens is 2. The van der Waals surface area contributed by atoms with Crippen LogP contribution in [0, 0.1) is 5.82 Å². The number of imidazole rings is 1. The molecule has 2 aromatic carbocycles. The van der Waals surface area contributed by atoms with Gasteiger partial charge in [-0.3, -0.25) is 9.13 Å². The SMILES string of the molecule is CCn1c(=O)n(Cc2cc(F)cc(Br)c2)c2ccccc21. The van der Waals surface area contributed by atoms with E-state index in [0.717, 1.165) is 16.6 Å². The number of halogens is 2. The Labute approximate surface area is 129 Å². The van der Waals surface area contributed by atoms with Crippen LogP contribution in [0.5, 0.6) is 0 Å². The number of fused-ring (bicyclic) bond motifs is 1. The lowest BCUT2D eigenvalue weighted by molar-refractivity contribution is 0.621. The third-order valence-electron chi connectivity index (χ3n) is 3.50. The van der Waals surface area contributed by atoms with Crippen molar-refractivity contribution in [1.29, 1.82) is 0 Å². The predicted molar refractivity (Wildman–Crippen MR) is 85.1 cm³/mol. The molecule has 0 spiro atoms. The van der Waals surface area contributed by atoms with Gasteiger partial charge in [-0.05, 0) is 42.8 Å². The molecule has 0 aliphatic carbocycles. The summed E-state index contributed by atoms with van der Waals surface area (Å²) in [4.78, 5) is 12.5. The van der Waals surface area contributed by atoms with Gasteiger partial charge in [0.05, 0.1) is 17.6 Å². The van der Waals surface area contributed by atoms with Crippen LogP contribution in [0.4, 0.5) is 4.39 Å². The summed E-state index contributed by atoms with van der Waals surface area (Å²) in [6.07, 6.45) is 0. The van der Waals surface area contributed by atoms with Gasteiger partial charge in [-0.25, -0.2) is 9.18 Å². The van der Waals surface area contributed by atoms with Crippen molar-refractivity contribution in [1.82, 2.24) is 9.13 Å². The minimum absolute atomic E-state index is 0.0703. The molecular weight excluding hydrogens is 335 g/mol. The Kier molecular flexibility index (Phi) is 3.68. The number of nitrogens with zero attached hydrogens (tertiary/aromatic N) is 2. The van der Waals surface area contributed by atoms with Crippen molar-refractivity contribution in [2.24, 2.45) is 0 Å². The van der Waals surface area contributed by atoms with Crippen molar-refractivity contribution in [2.45, 2.75) is 20.0 Å². The van der Waals surface area contributed by atoms with Gasteiger partial charge in [-0.2, -0.15) is 0 Å². The highest BCUT2D eigenvalue weighted by atomic mass is 79.9. The van der Waals surface area contributed by atoms with E-state index in [9.17, 15) is 9.18 Å². The summed E-state index contributed by atoms with van der Waals surface area (Å²) in [7, 11) is 0. The summed E-state index contributed by atoms with van der Waals surface area (Å²) in [5.41, 5.74) is 2.45. The van der Waals surface area contributed by atoms with Gasteiger partial charge in [0, 0.05) is 11.0 Å². The summed E-state index contributed by atoms with van der Waals surface area (Å²) >= 11 is 3.28. The van der Waals surface area contributed by atoms with Gasteiger partial charge in [-0.15, -0.1) is 0 Å². The predicted octanol–water partition coefficient (Wildman–Crippen LogP) is 3.77. The van der Waals surface area contributed by atoms with E-state index in [0.29, 0.717) is 17.6 Å². The molecule has 3 nitrogen and oxygen atoms in total. The molecule has 3 rings (SSSR count). The van der Waals surface area contributed by atoms with Gasteiger partial charge in [0.25, 0.3) is 0 Å². The molecule has 0 radical (unpaired) electrons. The molecule has 21 heavy (non-hydrogen) atoms. The monoisotopic (exact) mass is 348 g/mol. The first kappa shape index (κ1) is 14.1. The van der Waals surface area contributed by atoms with E-state index < -0.39 is 0 Å². The largest absolute Gasteiger partial charge is 0.329 e. The average Bonchev–Trinajstić information content (AvgIpc) is 2.70. The van der Waals surface area contributed by atoms with Crippen LogP contribution in [0.25, 0.3) is 11.0 Å². The van der Waals surface area contributed by atoms with Crippen molar-refractivity contribution in [3.63, 3.8) is 0 Å². The highest BCUT2D eigenvalue weighted by molar-refractivity contribution is 9.10. The molecule has 0 unspecified atom stereocenters. The summed E-state index contributed by atoms with van der Waals surface area (Å²) in [6, 6.07) is 12.3. The normalized spacial score (nSPS) is 11.2. The highest BCUT2D eigenvalue weighted by Gasteiger charge is 2.12. The van der Waals surface area contributed by atoms with Crippen molar-refractivity contribution >= 4 is 27.0 Å². The standard InChI is InChI=1S/C16H14BrFN2O/c1-2-19-14-5-3-4-6-15(14)20(16(19)21)10-11-7-12(17)9-13(18)8-11/h3-9H,2,10H2,1H3. The molecule has 0 aliphatic rings. The van der Waals surface area contributed by atoms with Gasteiger partial charge in [0.1, 0.15) is 5.82 Å². The Morgan fingerprint density at radius 1 is 1.10 bits per heavy atom. The Morgan fingerprint density at radius 2 is 1.76 bits per heavy atom. The highest BCUT2D eigenvalue weighted by Crippen LogP contribution is 2.18. The van der Waals surface area contributed by atoms with Crippen molar-refractivity contribution in [3.05, 3.63) is 68.8 Å². The van der Waals surface area contributed by atoms with E-state index in [4.69, 9.17) is 0 Å². The zero-order valence-electron chi connectivity index (χ0n) is 11.5. The smallest absolute Gasteiger partial charge is 0.292 e. The fourth-order valence-electron chi connectivity index (χ4n) is 2.62. The van der Waals surface area contributed by atoms with Gasteiger partial charge in [0.15, 0.2) is 0 Å². The number of rotatable bonds is 3. The molecule has 108 valence electrons. The van der Waals surface area contributed by atoms with E-state index in [1.54, 1.807) is 9.13 Å². The average molecular weight is 349 g/mol. The lowest BCUT2D eigenvalue weighted by Crippen LogP contribution is -2.24. The summed E-state index contributed by atoms with van der Waals surface area (Å²) < 4.78 is 17.6. The van der Waals surface area contributed by atoms with E-state index in [2.05, 4.69) is 15.9 Å². The number of aryl methyl sites for hydroxylation is 1. The molecule has 1 aromatic heterocycles. The fraction of sp³-hybridized carbons (Fsp3) is 0.188. The van der Waals surface area contributed by atoms with Crippen molar-refractivity contribution < 1.29 is 4.39 Å². The van der Waals surface area contributed by atoms with Crippen LogP contribution in [-0.2, 0) is 13.1 Å². The van der Waals surface area contributed by atoms with Crippen molar-refractivity contribution in [3.8, 4) is 0 Å². The number of benzene rings is 2. The second-order valence-electron chi connectivity index (χ2n) is 4.88. The topological polar surface area (TPSA) is 26.9 Å². The van der Waals surface area contributed by atoms with Crippen LogP contribution >= 0.6 is 15.9 Å². The third-order valence-corrected chi connectivity index (χ3v) is 3.96. The third kappa shape index (κ3) is 2.53. The van der Waals surface area contributed by atoms with Crippen LogP contribution in [-0.4, -0.2) is 9.13 Å². The second-order valence-corrected chi connectivity index (χ2v) is 5.80. The van der Waals surface area contributed by atoms with Gasteiger partial charge >= 0.3 is 5.69 Å². The fourth-order valence-corrected chi connectivity index (χ4v) is 3.13. The van der Waals surface area contributed by atoms with E-state index in [1.807, 2.05) is 37.3 Å². The Bertz CT molecular complexity index is 846. The van der Waals surface area contributed by atoms with E-state index in [1.165, 1.54) is 12.1 Å². The minimum atomic E-state index is -0.313. The first-order valence-corrected chi connectivity index (χ1v) is 7.52. The molecule has 0 N–H and O–H groups in total. The van der Waals surface area contributed by atoms with Crippen LogP contribution in [0.15, 0.2) is 51.7 Å². The summed E-state index contributed by atoms with van der Waals surface area (Å²) in [6.45, 7) is 2.90. The molecule has 0 atom stereocenters. The van der Waals surface area contributed by atoms with Crippen LogP contribution in [0.1, 0.15) is 12.5 Å². The van der Waals surface area contributed by atoms with E-state index in [-0.39, 0.29) is 11.5 Å². The molecule has 0 amide bonds. The van der Waals surface area contributed by atoms with Gasteiger partial charge in [-0.1, -0.05) is 28.1 Å². The second kappa shape index (κ2) is 5.48. The molecule has 5 heteroatoms. The van der Waals surface area contributed by atoms with Crippen LogP contribution in [0.3, 0.4) is 0 Å². The number of hydrogen-bond donors (Lipinski definition) is 0. The summed E-state index contributed by atoms with van der Waals surface area (Å²) in [5.74, 6) is -0.313. The molecule has 0 saturated carbocycles. The quantitative estimate of drug-likeness (QED) is 0.707. The Hall–Kier alpha value is -1.88. The molecule has 1 heterocycles. The van der Waals surface area contributed by atoms with Crippen LogP contribution < -0.4 is 5.69 Å². The maximum Gasteiger partial charge on any atom is 0.329 e. The maximum atomic E-state index is 13.5. The first-order chi connectivity index (χ1) is 10.1. The summed E-state index contributed by atoms with van der Waals surface area (Å²) in [5, 5.41) is 0. The molecule has 0 aliphatic heterocycles. The van der Waals surface area contributed by atoms with Crippen LogP contribution in [0.2, 0.25) is 0 Å². The molecule has 0 bridgehead atoms. The zero-order valence-corrected chi connectivity index (χ0v) is 13.1.